The van der Waals surface area contributed by atoms with Crippen LogP contribution in [0.4, 0.5) is 0 Å². The van der Waals surface area contributed by atoms with Gasteiger partial charge >= 0.3 is 5.97 Å². The van der Waals surface area contributed by atoms with Gasteiger partial charge in [-0.3, -0.25) is 4.79 Å². The Morgan fingerprint density at radius 3 is 2.80 bits per heavy atom. The van der Waals surface area contributed by atoms with E-state index in [-0.39, 0.29) is 0 Å². The number of aryl methyl sites for hydroxylation is 1. The number of aliphatic carboxylic acids is 1. The lowest BCUT2D eigenvalue weighted by Crippen LogP contribution is -2.09. The van der Waals surface area contributed by atoms with Crippen molar-refractivity contribution in [1.29, 1.82) is 0 Å². The number of carbonyl (C=O) groups is 1. The quantitative estimate of drug-likeness (QED) is 0.935. The standard InChI is InChI=1S/C14H15ClN2O2S/c1-8(14(18)19)12-13(17(3)9(2)16-12)20-11-6-4-5-10(15)7-11/h4-8H,1-3H3,(H,18,19). The molecular weight excluding hydrogens is 296 g/mol. The first-order valence-electron chi connectivity index (χ1n) is 6.09. The van der Waals surface area contributed by atoms with Crippen molar-refractivity contribution in [3.05, 3.63) is 40.8 Å². The lowest BCUT2D eigenvalue weighted by molar-refractivity contribution is -0.138. The van der Waals surface area contributed by atoms with Crippen molar-refractivity contribution in [3.8, 4) is 0 Å². The Morgan fingerprint density at radius 2 is 2.20 bits per heavy atom. The maximum Gasteiger partial charge on any atom is 0.312 e. The normalized spacial score (nSPS) is 12.4. The van der Waals surface area contributed by atoms with Gasteiger partial charge in [0.25, 0.3) is 0 Å². The number of hydrogen-bond acceptors (Lipinski definition) is 3. The monoisotopic (exact) mass is 310 g/mol. The van der Waals surface area contributed by atoms with Crippen LogP contribution in [-0.2, 0) is 11.8 Å². The van der Waals surface area contributed by atoms with Crippen molar-refractivity contribution >= 4 is 29.3 Å². The first kappa shape index (κ1) is 14.9. The van der Waals surface area contributed by atoms with E-state index in [0.29, 0.717) is 10.7 Å². The zero-order chi connectivity index (χ0) is 14.9. The van der Waals surface area contributed by atoms with Crippen molar-refractivity contribution in [1.82, 2.24) is 9.55 Å². The smallest absolute Gasteiger partial charge is 0.312 e. The highest BCUT2D eigenvalue weighted by molar-refractivity contribution is 7.99. The van der Waals surface area contributed by atoms with E-state index in [9.17, 15) is 9.90 Å². The van der Waals surface area contributed by atoms with Crippen LogP contribution in [0.3, 0.4) is 0 Å². The maximum absolute atomic E-state index is 11.2. The molecule has 20 heavy (non-hydrogen) atoms. The van der Waals surface area contributed by atoms with Gasteiger partial charge in [0, 0.05) is 17.0 Å². The van der Waals surface area contributed by atoms with E-state index in [1.165, 1.54) is 11.8 Å². The minimum Gasteiger partial charge on any atom is -0.481 e. The Kier molecular flexibility index (Phi) is 4.40. The van der Waals surface area contributed by atoms with Crippen molar-refractivity contribution in [2.45, 2.75) is 29.7 Å². The average molecular weight is 311 g/mol. The summed E-state index contributed by atoms with van der Waals surface area (Å²) in [6.07, 6.45) is 0. The number of aromatic nitrogens is 2. The summed E-state index contributed by atoms with van der Waals surface area (Å²) in [5.74, 6) is -0.731. The number of nitrogens with zero attached hydrogens (tertiary/aromatic N) is 2. The number of benzene rings is 1. The van der Waals surface area contributed by atoms with Crippen LogP contribution < -0.4 is 0 Å². The molecule has 1 aromatic carbocycles. The number of imidazole rings is 1. The zero-order valence-electron chi connectivity index (χ0n) is 11.4. The number of hydrogen-bond donors (Lipinski definition) is 1. The van der Waals surface area contributed by atoms with Crippen LogP contribution in [0.25, 0.3) is 0 Å². The van der Waals surface area contributed by atoms with E-state index in [4.69, 9.17) is 11.6 Å². The summed E-state index contributed by atoms with van der Waals surface area (Å²) >= 11 is 7.45. The topological polar surface area (TPSA) is 55.1 Å². The Hall–Kier alpha value is -1.46. The molecule has 0 saturated heterocycles. The van der Waals surface area contributed by atoms with E-state index < -0.39 is 11.9 Å². The summed E-state index contributed by atoms with van der Waals surface area (Å²) in [5, 5.41) is 10.7. The van der Waals surface area contributed by atoms with Gasteiger partial charge in [0.05, 0.1) is 11.6 Å². The second-order valence-electron chi connectivity index (χ2n) is 4.53. The molecule has 0 fully saturated rings. The van der Waals surface area contributed by atoms with Crippen LogP contribution >= 0.6 is 23.4 Å². The predicted octanol–water partition coefficient (Wildman–Crippen LogP) is 3.72. The fraction of sp³-hybridized carbons (Fsp3) is 0.286. The van der Waals surface area contributed by atoms with E-state index in [1.54, 1.807) is 13.0 Å². The molecule has 1 aromatic heterocycles. The van der Waals surface area contributed by atoms with E-state index in [0.717, 1.165) is 15.7 Å². The third-order valence-corrected chi connectivity index (χ3v) is 4.48. The fourth-order valence-electron chi connectivity index (χ4n) is 1.78. The lowest BCUT2D eigenvalue weighted by atomic mass is 10.1. The second-order valence-corrected chi connectivity index (χ2v) is 6.03. The Labute approximate surface area is 126 Å². The Balaban J connectivity index is 2.42. The van der Waals surface area contributed by atoms with Crippen molar-refractivity contribution in [2.75, 3.05) is 0 Å². The van der Waals surface area contributed by atoms with Gasteiger partial charge in [-0.25, -0.2) is 4.98 Å². The summed E-state index contributed by atoms with van der Waals surface area (Å²) in [6.45, 7) is 3.51. The first-order valence-corrected chi connectivity index (χ1v) is 7.29. The van der Waals surface area contributed by atoms with Gasteiger partial charge in [-0.2, -0.15) is 0 Å². The highest BCUT2D eigenvalue weighted by Crippen LogP contribution is 2.35. The van der Waals surface area contributed by atoms with Crippen molar-refractivity contribution in [3.63, 3.8) is 0 Å². The lowest BCUT2D eigenvalue weighted by Gasteiger charge is -2.09. The molecular formula is C14H15ClN2O2S. The molecule has 0 bridgehead atoms. The molecule has 0 aliphatic carbocycles. The van der Waals surface area contributed by atoms with Crippen LogP contribution in [0.15, 0.2) is 34.2 Å². The molecule has 0 aliphatic heterocycles. The minimum atomic E-state index is -0.879. The number of carboxylic acid groups (broad SMARTS) is 1. The van der Waals surface area contributed by atoms with Crippen LogP contribution in [0.5, 0.6) is 0 Å². The average Bonchev–Trinajstić information content (AvgIpc) is 2.66. The molecule has 1 atom stereocenters. The third kappa shape index (κ3) is 2.99. The molecule has 1 N–H and O–H groups in total. The summed E-state index contributed by atoms with van der Waals surface area (Å²) in [4.78, 5) is 16.5. The largest absolute Gasteiger partial charge is 0.481 e. The molecule has 0 aliphatic rings. The van der Waals surface area contributed by atoms with Gasteiger partial charge in [-0.15, -0.1) is 0 Å². The summed E-state index contributed by atoms with van der Waals surface area (Å²) in [5.41, 5.74) is 0.586. The number of carboxylic acids is 1. The van der Waals surface area contributed by atoms with Gasteiger partial charge < -0.3 is 9.67 Å². The molecule has 2 aromatic rings. The number of halogens is 1. The molecule has 6 heteroatoms. The van der Waals surface area contributed by atoms with Crippen molar-refractivity contribution in [2.24, 2.45) is 7.05 Å². The van der Waals surface area contributed by atoms with Crippen LogP contribution in [0.2, 0.25) is 5.02 Å². The van der Waals surface area contributed by atoms with Crippen LogP contribution in [0, 0.1) is 6.92 Å². The molecule has 2 rings (SSSR count). The molecule has 0 amide bonds. The van der Waals surface area contributed by atoms with Gasteiger partial charge in [0.1, 0.15) is 10.9 Å². The van der Waals surface area contributed by atoms with Crippen LogP contribution in [-0.4, -0.2) is 20.6 Å². The fourth-order valence-corrected chi connectivity index (χ4v) is 3.18. The molecule has 0 spiro atoms. The SMILES string of the molecule is Cc1nc(C(C)C(=O)O)c(Sc2cccc(Cl)c2)n1C. The van der Waals surface area contributed by atoms with Gasteiger partial charge in [0.15, 0.2) is 0 Å². The third-order valence-electron chi connectivity index (χ3n) is 3.08. The van der Waals surface area contributed by atoms with E-state index >= 15 is 0 Å². The molecule has 1 heterocycles. The van der Waals surface area contributed by atoms with E-state index in [1.807, 2.05) is 36.7 Å². The highest BCUT2D eigenvalue weighted by Gasteiger charge is 2.23. The molecule has 106 valence electrons. The Morgan fingerprint density at radius 1 is 1.50 bits per heavy atom. The molecule has 0 radical (unpaired) electrons. The summed E-state index contributed by atoms with van der Waals surface area (Å²) in [6, 6.07) is 7.47. The molecule has 1 unspecified atom stereocenters. The first-order chi connectivity index (χ1) is 9.40. The second kappa shape index (κ2) is 5.89. The van der Waals surface area contributed by atoms with Crippen LogP contribution in [0.1, 0.15) is 24.4 Å². The molecule has 0 saturated carbocycles. The molecule has 4 nitrogen and oxygen atoms in total. The number of rotatable bonds is 4. The van der Waals surface area contributed by atoms with E-state index in [2.05, 4.69) is 4.98 Å². The van der Waals surface area contributed by atoms with Crippen molar-refractivity contribution < 1.29 is 9.90 Å². The zero-order valence-corrected chi connectivity index (χ0v) is 13.0. The predicted molar refractivity (Wildman–Crippen MR) is 79.6 cm³/mol. The van der Waals surface area contributed by atoms with Gasteiger partial charge in [-0.05, 0) is 32.0 Å². The minimum absolute atomic E-state index is 0.586. The van der Waals surface area contributed by atoms with Gasteiger partial charge in [0.2, 0.25) is 0 Å². The van der Waals surface area contributed by atoms with Gasteiger partial charge in [-0.1, -0.05) is 29.4 Å². The highest BCUT2D eigenvalue weighted by atomic mass is 35.5. The summed E-state index contributed by atoms with van der Waals surface area (Å²) < 4.78 is 1.90. The Bertz CT molecular complexity index is 655. The maximum atomic E-state index is 11.2. The summed E-state index contributed by atoms with van der Waals surface area (Å²) in [7, 11) is 1.88.